The molecule has 48 heavy (non-hydrogen) atoms. The number of anilines is 1. The highest BCUT2D eigenvalue weighted by Gasteiger charge is 2.35. The lowest BCUT2D eigenvalue weighted by Gasteiger charge is -2.34. The zero-order valence-electron chi connectivity index (χ0n) is 27.9. The minimum absolute atomic E-state index is 0.0462. The summed E-state index contributed by atoms with van der Waals surface area (Å²) in [6.45, 7) is 5.13. The third-order valence-electron chi connectivity index (χ3n) is 8.21. The van der Waals surface area contributed by atoms with E-state index in [0.29, 0.717) is 12.2 Å². The molecule has 4 rings (SSSR count). The number of amides is 2. The summed E-state index contributed by atoms with van der Waals surface area (Å²) in [4.78, 5) is 29.9. The van der Waals surface area contributed by atoms with Crippen LogP contribution in [0.3, 0.4) is 0 Å². The summed E-state index contributed by atoms with van der Waals surface area (Å²) in [7, 11) is -1.62. The van der Waals surface area contributed by atoms with Crippen molar-refractivity contribution in [3.63, 3.8) is 0 Å². The van der Waals surface area contributed by atoms with E-state index in [0.717, 1.165) is 33.1 Å². The highest BCUT2D eigenvalue weighted by molar-refractivity contribution is 7.92. The molecule has 0 aliphatic rings. The van der Waals surface area contributed by atoms with Gasteiger partial charge in [-0.15, -0.1) is 0 Å². The SMILES string of the molecule is CC[C@@H](C)NC(=O)[C@@H](Cc1ccccc1)N(Cc1ccccc1C)C(=O)CN(c1ccc(F)cc1)S(=O)(=O)c1ccc(OC)c(OC)c1. The van der Waals surface area contributed by atoms with Crippen LogP contribution in [0.2, 0.25) is 0 Å². The topological polar surface area (TPSA) is 105 Å². The second-order valence-electron chi connectivity index (χ2n) is 11.5. The van der Waals surface area contributed by atoms with Crippen molar-refractivity contribution < 1.29 is 31.9 Å². The first-order valence-electron chi connectivity index (χ1n) is 15.7. The smallest absolute Gasteiger partial charge is 0.264 e. The predicted molar refractivity (Wildman–Crippen MR) is 184 cm³/mol. The molecule has 0 unspecified atom stereocenters. The first-order valence-corrected chi connectivity index (χ1v) is 17.1. The number of ether oxygens (including phenoxy) is 2. The van der Waals surface area contributed by atoms with Crippen molar-refractivity contribution in [2.24, 2.45) is 0 Å². The standard InChI is InChI=1S/C37H42FN3O6S/c1-6-27(3)39-37(43)33(22-28-13-8-7-9-14-28)40(24-29-15-11-10-12-26(29)2)36(42)25-41(31-18-16-30(38)17-19-31)48(44,45)32-20-21-34(46-4)35(23-32)47-5/h7-21,23,27,33H,6,22,24-25H2,1-5H3,(H,39,43)/t27-,33-/m1/s1. The van der Waals surface area contributed by atoms with Crippen LogP contribution in [0, 0.1) is 12.7 Å². The van der Waals surface area contributed by atoms with Crippen molar-refractivity contribution in [3.05, 3.63) is 120 Å². The van der Waals surface area contributed by atoms with E-state index in [1.807, 2.05) is 75.4 Å². The van der Waals surface area contributed by atoms with E-state index in [2.05, 4.69) is 5.32 Å². The second kappa shape index (κ2) is 16.3. The summed E-state index contributed by atoms with van der Waals surface area (Å²) in [5, 5.41) is 3.02. The third kappa shape index (κ3) is 8.71. The van der Waals surface area contributed by atoms with E-state index in [9.17, 15) is 22.4 Å². The Morgan fingerprint density at radius 3 is 2.15 bits per heavy atom. The maximum absolute atomic E-state index is 14.6. The highest BCUT2D eigenvalue weighted by atomic mass is 32.2. The molecule has 0 heterocycles. The van der Waals surface area contributed by atoms with Crippen LogP contribution in [0.25, 0.3) is 0 Å². The maximum atomic E-state index is 14.6. The molecule has 0 spiro atoms. The van der Waals surface area contributed by atoms with E-state index in [-0.39, 0.29) is 41.2 Å². The first-order chi connectivity index (χ1) is 23.0. The summed E-state index contributed by atoms with van der Waals surface area (Å²) in [5.41, 5.74) is 2.61. The van der Waals surface area contributed by atoms with Gasteiger partial charge in [0.2, 0.25) is 11.8 Å². The quantitative estimate of drug-likeness (QED) is 0.168. The van der Waals surface area contributed by atoms with Gasteiger partial charge in [0.15, 0.2) is 11.5 Å². The molecular formula is C37H42FN3O6S. The molecule has 0 aliphatic heterocycles. The van der Waals surface area contributed by atoms with Gasteiger partial charge in [0.05, 0.1) is 24.8 Å². The van der Waals surface area contributed by atoms with Crippen LogP contribution in [0.1, 0.15) is 37.0 Å². The average molecular weight is 676 g/mol. The normalized spacial score (nSPS) is 12.5. The third-order valence-corrected chi connectivity index (χ3v) is 9.98. The minimum Gasteiger partial charge on any atom is -0.493 e. The van der Waals surface area contributed by atoms with Gasteiger partial charge < -0.3 is 19.7 Å². The summed E-state index contributed by atoms with van der Waals surface area (Å²) in [6.07, 6.45) is 0.872. The number of sulfonamides is 1. The molecule has 0 radical (unpaired) electrons. The van der Waals surface area contributed by atoms with Crippen molar-refractivity contribution >= 4 is 27.5 Å². The van der Waals surface area contributed by atoms with E-state index in [1.165, 1.54) is 49.5 Å². The minimum atomic E-state index is -4.43. The van der Waals surface area contributed by atoms with Crippen LogP contribution in [-0.4, -0.2) is 58.0 Å². The van der Waals surface area contributed by atoms with Crippen LogP contribution >= 0.6 is 0 Å². The van der Waals surface area contributed by atoms with Gasteiger partial charge in [-0.2, -0.15) is 0 Å². The number of carbonyl (C=O) groups is 2. The number of halogens is 1. The van der Waals surface area contributed by atoms with E-state index < -0.39 is 34.3 Å². The number of hydrogen-bond acceptors (Lipinski definition) is 6. The molecule has 0 fully saturated rings. The Morgan fingerprint density at radius 2 is 1.52 bits per heavy atom. The Kier molecular flexibility index (Phi) is 12.2. The fraction of sp³-hybridized carbons (Fsp3) is 0.297. The zero-order chi connectivity index (χ0) is 34.8. The molecule has 4 aromatic carbocycles. The molecular weight excluding hydrogens is 633 g/mol. The number of methoxy groups -OCH3 is 2. The number of nitrogens with zero attached hydrogens (tertiary/aromatic N) is 2. The number of nitrogens with one attached hydrogen (secondary N) is 1. The van der Waals surface area contributed by atoms with E-state index >= 15 is 0 Å². The van der Waals surface area contributed by atoms with Crippen molar-refractivity contribution in [2.45, 2.75) is 57.1 Å². The Labute approximate surface area is 282 Å². The summed E-state index contributed by atoms with van der Waals surface area (Å²) in [6, 6.07) is 24.7. The Balaban J connectivity index is 1.84. The molecule has 254 valence electrons. The molecule has 0 saturated carbocycles. The van der Waals surface area contributed by atoms with Crippen LogP contribution in [0.4, 0.5) is 10.1 Å². The van der Waals surface area contributed by atoms with Crippen molar-refractivity contribution in [1.29, 1.82) is 0 Å². The average Bonchev–Trinajstić information content (AvgIpc) is 3.09. The lowest BCUT2D eigenvalue weighted by atomic mass is 10.0. The van der Waals surface area contributed by atoms with Gasteiger partial charge in [0.25, 0.3) is 10.0 Å². The molecule has 0 bridgehead atoms. The second-order valence-corrected chi connectivity index (χ2v) is 13.3. The van der Waals surface area contributed by atoms with Crippen LogP contribution in [-0.2, 0) is 32.6 Å². The van der Waals surface area contributed by atoms with Gasteiger partial charge >= 0.3 is 0 Å². The summed E-state index contributed by atoms with van der Waals surface area (Å²) >= 11 is 0. The van der Waals surface area contributed by atoms with Crippen LogP contribution in [0.15, 0.2) is 102 Å². The van der Waals surface area contributed by atoms with Crippen LogP contribution < -0.4 is 19.1 Å². The molecule has 2 atom stereocenters. The number of hydrogen-bond donors (Lipinski definition) is 1. The monoisotopic (exact) mass is 675 g/mol. The maximum Gasteiger partial charge on any atom is 0.264 e. The largest absolute Gasteiger partial charge is 0.493 e. The predicted octanol–water partition coefficient (Wildman–Crippen LogP) is 5.90. The molecule has 0 aliphatic carbocycles. The lowest BCUT2D eigenvalue weighted by molar-refractivity contribution is -0.140. The van der Waals surface area contributed by atoms with Crippen LogP contribution in [0.5, 0.6) is 11.5 Å². The van der Waals surface area contributed by atoms with E-state index in [4.69, 9.17) is 9.47 Å². The molecule has 11 heteroatoms. The van der Waals surface area contributed by atoms with Crippen molar-refractivity contribution in [2.75, 3.05) is 25.1 Å². The number of benzene rings is 4. The molecule has 4 aromatic rings. The zero-order valence-corrected chi connectivity index (χ0v) is 28.7. The Bertz CT molecular complexity index is 1800. The van der Waals surface area contributed by atoms with Gasteiger partial charge in [0.1, 0.15) is 18.4 Å². The fourth-order valence-corrected chi connectivity index (χ4v) is 6.64. The lowest BCUT2D eigenvalue weighted by Crippen LogP contribution is -2.54. The Hall–Kier alpha value is -4.90. The fourth-order valence-electron chi connectivity index (χ4n) is 5.21. The van der Waals surface area contributed by atoms with Gasteiger partial charge in [-0.1, -0.05) is 61.5 Å². The Morgan fingerprint density at radius 1 is 0.875 bits per heavy atom. The number of aryl methyl sites for hydroxylation is 1. The van der Waals surface area contributed by atoms with Gasteiger partial charge in [-0.05, 0) is 73.4 Å². The first kappa shape index (κ1) is 35.9. The van der Waals surface area contributed by atoms with Crippen molar-refractivity contribution in [1.82, 2.24) is 10.2 Å². The number of rotatable bonds is 15. The van der Waals surface area contributed by atoms with E-state index in [1.54, 1.807) is 0 Å². The molecule has 1 N–H and O–H groups in total. The van der Waals surface area contributed by atoms with Gasteiger partial charge in [-0.3, -0.25) is 13.9 Å². The molecule has 9 nitrogen and oxygen atoms in total. The molecule has 0 aromatic heterocycles. The highest BCUT2D eigenvalue weighted by Crippen LogP contribution is 2.32. The van der Waals surface area contributed by atoms with Gasteiger partial charge in [-0.25, -0.2) is 12.8 Å². The molecule has 2 amide bonds. The number of carbonyl (C=O) groups excluding carboxylic acids is 2. The summed E-state index contributed by atoms with van der Waals surface area (Å²) < 4.78 is 54.2. The molecule has 0 saturated heterocycles. The van der Waals surface area contributed by atoms with Gasteiger partial charge in [0, 0.05) is 25.1 Å². The summed E-state index contributed by atoms with van der Waals surface area (Å²) in [5.74, 6) is -1.05. The van der Waals surface area contributed by atoms with Crippen molar-refractivity contribution in [3.8, 4) is 11.5 Å².